The van der Waals surface area contributed by atoms with Gasteiger partial charge in [-0.3, -0.25) is 0 Å². The van der Waals surface area contributed by atoms with Gasteiger partial charge in [-0.2, -0.15) is 0 Å². The second-order valence-electron chi connectivity index (χ2n) is 5.43. The van der Waals surface area contributed by atoms with Crippen LogP contribution in [0.25, 0.3) is 22.2 Å². The maximum absolute atomic E-state index is 11.6. The van der Waals surface area contributed by atoms with Crippen molar-refractivity contribution in [1.29, 1.82) is 0 Å². The lowest BCUT2D eigenvalue weighted by atomic mass is 10.0. The number of carbonyl (C=O) groups is 1. The van der Waals surface area contributed by atoms with Gasteiger partial charge in [0.25, 0.3) is 0 Å². The SMILES string of the molecule is CCc1ccc2nc(-c3cccc(C)c3)cc(C(=O)O)c2c1. The first-order valence-electron chi connectivity index (χ1n) is 7.32. The number of aromatic nitrogens is 1. The normalized spacial score (nSPS) is 10.8. The summed E-state index contributed by atoms with van der Waals surface area (Å²) in [5, 5.41) is 10.2. The Kier molecular flexibility index (Phi) is 3.63. The van der Waals surface area contributed by atoms with Crippen LogP contribution in [0.15, 0.2) is 48.5 Å². The van der Waals surface area contributed by atoms with Crippen molar-refractivity contribution in [3.8, 4) is 11.3 Å². The summed E-state index contributed by atoms with van der Waals surface area (Å²) in [5.74, 6) is -0.922. The molecule has 3 heteroatoms. The Hall–Kier alpha value is -2.68. The molecule has 0 aliphatic rings. The average Bonchev–Trinajstić information content (AvgIpc) is 2.53. The van der Waals surface area contributed by atoms with Crippen LogP contribution in [-0.2, 0) is 6.42 Å². The molecule has 0 aliphatic carbocycles. The van der Waals surface area contributed by atoms with Gasteiger partial charge in [-0.15, -0.1) is 0 Å². The molecule has 1 heterocycles. The van der Waals surface area contributed by atoms with Crippen molar-refractivity contribution in [3.05, 3.63) is 65.2 Å². The number of rotatable bonds is 3. The van der Waals surface area contributed by atoms with Gasteiger partial charge >= 0.3 is 5.97 Å². The molecule has 3 rings (SSSR count). The second kappa shape index (κ2) is 5.60. The molecule has 1 N–H and O–H groups in total. The molecular formula is C19H17NO2. The number of carboxylic acid groups (broad SMARTS) is 1. The van der Waals surface area contributed by atoms with Crippen LogP contribution in [0.3, 0.4) is 0 Å². The topological polar surface area (TPSA) is 50.2 Å². The first-order chi connectivity index (χ1) is 10.6. The number of aryl methyl sites for hydroxylation is 2. The molecule has 3 aromatic rings. The van der Waals surface area contributed by atoms with Crippen molar-refractivity contribution in [2.24, 2.45) is 0 Å². The zero-order valence-corrected chi connectivity index (χ0v) is 12.6. The van der Waals surface area contributed by atoms with Crippen LogP contribution in [0.5, 0.6) is 0 Å². The fourth-order valence-electron chi connectivity index (χ4n) is 2.62. The number of nitrogens with zero attached hydrogens (tertiary/aromatic N) is 1. The summed E-state index contributed by atoms with van der Waals surface area (Å²) in [4.78, 5) is 16.3. The second-order valence-corrected chi connectivity index (χ2v) is 5.43. The van der Waals surface area contributed by atoms with Crippen molar-refractivity contribution in [3.63, 3.8) is 0 Å². The average molecular weight is 291 g/mol. The van der Waals surface area contributed by atoms with Gasteiger partial charge in [0.2, 0.25) is 0 Å². The number of hydrogen-bond acceptors (Lipinski definition) is 2. The fourth-order valence-corrected chi connectivity index (χ4v) is 2.62. The fraction of sp³-hybridized carbons (Fsp3) is 0.158. The van der Waals surface area contributed by atoms with E-state index in [0.29, 0.717) is 22.2 Å². The molecule has 0 saturated heterocycles. The molecule has 0 aliphatic heterocycles. The Bertz CT molecular complexity index is 868. The van der Waals surface area contributed by atoms with Crippen LogP contribution in [0.2, 0.25) is 0 Å². The smallest absolute Gasteiger partial charge is 0.336 e. The molecule has 110 valence electrons. The van der Waals surface area contributed by atoms with Crippen molar-refractivity contribution >= 4 is 16.9 Å². The van der Waals surface area contributed by atoms with E-state index >= 15 is 0 Å². The molecule has 22 heavy (non-hydrogen) atoms. The quantitative estimate of drug-likeness (QED) is 0.774. The molecule has 0 amide bonds. The Labute approximate surface area is 129 Å². The van der Waals surface area contributed by atoms with Crippen LogP contribution in [0.4, 0.5) is 0 Å². The van der Waals surface area contributed by atoms with Gasteiger partial charge in [-0.05, 0) is 43.2 Å². The number of pyridine rings is 1. The maximum atomic E-state index is 11.6. The first-order valence-corrected chi connectivity index (χ1v) is 7.32. The molecule has 0 atom stereocenters. The Morgan fingerprint density at radius 1 is 1.14 bits per heavy atom. The molecule has 0 saturated carbocycles. The van der Waals surface area contributed by atoms with Gasteiger partial charge in [0.15, 0.2) is 0 Å². The highest BCUT2D eigenvalue weighted by Gasteiger charge is 2.13. The standard InChI is InChI=1S/C19H17NO2/c1-3-13-7-8-17-15(10-13)16(19(21)22)11-18(20-17)14-6-4-5-12(2)9-14/h4-11H,3H2,1-2H3,(H,21,22). The Morgan fingerprint density at radius 3 is 2.64 bits per heavy atom. The largest absolute Gasteiger partial charge is 0.478 e. The van der Waals surface area contributed by atoms with Crippen molar-refractivity contribution < 1.29 is 9.90 Å². The highest BCUT2D eigenvalue weighted by atomic mass is 16.4. The molecule has 1 aromatic heterocycles. The molecule has 2 aromatic carbocycles. The van der Waals surface area contributed by atoms with Gasteiger partial charge in [0, 0.05) is 10.9 Å². The van der Waals surface area contributed by atoms with E-state index in [2.05, 4.69) is 11.9 Å². The van der Waals surface area contributed by atoms with Gasteiger partial charge in [0.1, 0.15) is 0 Å². The van der Waals surface area contributed by atoms with Gasteiger partial charge in [-0.25, -0.2) is 9.78 Å². The minimum atomic E-state index is -0.922. The van der Waals surface area contributed by atoms with E-state index in [1.807, 2.05) is 49.4 Å². The van der Waals surface area contributed by atoms with Crippen LogP contribution in [0.1, 0.15) is 28.4 Å². The minimum absolute atomic E-state index is 0.303. The van der Waals surface area contributed by atoms with Crippen LogP contribution in [-0.4, -0.2) is 16.1 Å². The number of aromatic carboxylic acids is 1. The van der Waals surface area contributed by atoms with E-state index < -0.39 is 5.97 Å². The molecule has 0 spiro atoms. The summed E-state index contributed by atoms with van der Waals surface area (Å²) in [7, 11) is 0. The molecular weight excluding hydrogens is 274 g/mol. The third-order valence-electron chi connectivity index (χ3n) is 3.83. The predicted molar refractivity (Wildman–Crippen MR) is 88.3 cm³/mol. The lowest BCUT2D eigenvalue weighted by Crippen LogP contribution is -2.01. The van der Waals surface area contributed by atoms with E-state index in [4.69, 9.17) is 0 Å². The Morgan fingerprint density at radius 2 is 1.95 bits per heavy atom. The lowest BCUT2D eigenvalue weighted by molar-refractivity contribution is 0.0699. The molecule has 0 fully saturated rings. The summed E-state index contributed by atoms with van der Waals surface area (Å²) in [6.45, 7) is 4.06. The molecule has 0 radical (unpaired) electrons. The molecule has 0 unspecified atom stereocenters. The Balaban J connectivity index is 2.28. The highest BCUT2D eigenvalue weighted by molar-refractivity contribution is 6.04. The number of benzene rings is 2. The summed E-state index contributed by atoms with van der Waals surface area (Å²) < 4.78 is 0. The van der Waals surface area contributed by atoms with E-state index in [0.717, 1.165) is 23.1 Å². The third kappa shape index (κ3) is 2.58. The van der Waals surface area contributed by atoms with Gasteiger partial charge in [-0.1, -0.05) is 36.8 Å². The minimum Gasteiger partial charge on any atom is -0.478 e. The summed E-state index contributed by atoms with van der Waals surface area (Å²) in [6.07, 6.45) is 0.870. The number of fused-ring (bicyclic) bond motifs is 1. The zero-order chi connectivity index (χ0) is 15.7. The van der Waals surface area contributed by atoms with E-state index in [1.165, 1.54) is 0 Å². The zero-order valence-electron chi connectivity index (χ0n) is 12.6. The van der Waals surface area contributed by atoms with E-state index in [9.17, 15) is 9.90 Å². The van der Waals surface area contributed by atoms with E-state index in [1.54, 1.807) is 6.07 Å². The van der Waals surface area contributed by atoms with Crippen molar-refractivity contribution in [1.82, 2.24) is 4.98 Å². The summed E-state index contributed by atoms with van der Waals surface area (Å²) >= 11 is 0. The lowest BCUT2D eigenvalue weighted by Gasteiger charge is -2.09. The van der Waals surface area contributed by atoms with Crippen molar-refractivity contribution in [2.75, 3.05) is 0 Å². The summed E-state index contributed by atoms with van der Waals surface area (Å²) in [5.41, 5.74) is 4.88. The highest BCUT2D eigenvalue weighted by Crippen LogP contribution is 2.26. The van der Waals surface area contributed by atoms with Crippen LogP contribution < -0.4 is 0 Å². The van der Waals surface area contributed by atoms with Crippen LogP contribution >= 0.6 is 0 Å². The predicted octanol–water partition coefficient (Wildman–Crippen LogP) is 4.47. The first kappa shape index (κ1) is 14.3. The number of hydrogen-bond donors (Lipinski definition) is 1. The molecule has 3 nitrogen and oxygen atoms in total. The summed E-state index contributed by atoms with van der Waals surface area (Å²) in [6, 6.07) is 15.4. The number of carboxylic acids is 1. The van der Waals surface area contributed by atoms with Crippen molar-refractivity contribution in [2.45, 2.75) is 20.3 Å². The van der Waals surface area contributed by atoms with E-state index in [-0.39, 0.29) is 0 Å². The third-order valence-corrected chi connectivity index (χ3v) is 3.83. The monoisotopic (exact) mass is 291 g/mol. The van der Waals surface area contributed by atoms with Gasteiger partial charge in [0.05, 0.1) is 16.8 Å². The van der Waals surface area contributed by atoms with Gasteiger partial charge < -0.3 is 5.11 Å². The van der Waals surface area contributed by atoms with Crippen LogP contribution in [0, 0.1) is 6.92 Å². The molecule has 0 bridgehead atoms. The maximum Gasteiger partial charge on any atom is 0.336 e.